The van der Waals surface area contributed by atoms with Crippen molar-refractivity contribution in [2.45, 2.75) is 39.5 Å². The van der Waals surface area contributed by atoms with Crippen molar-refractivity contribution < 1.29 is 9.59 Å². The van der Waals surface area contributed by atoms with Gasteiger partial charge in [0, 0.05) is 6.54 Å². The van der Waals surface area contributed by atoms with Crippen molar-refractivity contribution in [1.82, 2.24) is 5.32 Å². The molecule has 3 nitrogen and oxygen atoms in total. The Morgan fingerprint density at radius 2 is 2.07 bits per heavy atom. The first kappa shape index (κ1) is 11.2. The van der Waals surface area contributed by atoms with Crippen LogP contribution in [-0.4, -0.2) is 18.2 Å². The summed E-state index contributed by atoms with van der Waals surface area (Å²) >= 11 is 0. The first-order chi connectivity index (χ1) is 6.59. The van der Waals surface area contributed by atoms with Crippen molar-refractivity contribution in [2.75, 3.05) is 6.54 Å². The maximum absolute atomic E-state index is 11.2. The molecule has 1 aliphatic rings. The number of Topliss-reactive ketones (excluding diaryl/α,β-unsaturated/α-hetero) is 1. The van der Waals surface area contributed by atoms with E-state index < -0.39 is 0 Å². The summed E-state index contributed by atoms with van der Waals surface area (Å²) in [5, 5.41) is 2.83. The van der Waals surface area contributed by atoms with Gasteiger partial charge < -0.3 is 5.32 Å². The standard InChI is InChI=1S/C11H19NO2/c1-8-4-3-5-10(8)7-12-11(14)6-9(2)13/h8,10H,3-7H2,1-2H3,(H,12,14). The summed E-state index contributed by atoms with van der Waals surface area (Å²) < 4.78 is 0. The van der Waals surface area contributed by atoms with E-state index in [0.717, 1.165) is 6.54 Å². The van der Waals surface area contributed by atoms with Gasteiger partial charge in [-0.2, -0.15) is 0 Å². The molecule has 1 aliphatic carbocycles. The molecule has 0 spiro atoms. The lowest BCUT2D eigenvalue weighted by atomic mass is 9.98. The van der Waals surface area contributed by atoms with Gasteiger partial charge in [-0.15, -0.1) is 0 Å². The predicted octanol–water partition coefficient (Wildman–Crippen LogP) is 1.52. The number of ketones is 1. The van der Waals surface area contributed by atoms with Gasteiger partial charge in [0.25, 0.3) is 0 Å². The molecule has 0 aromatic carbocycles. The lowest BCUT2D eigenvalue weighted by Gasteiger charge is -2.15. The summed E-state index contributed by atoms with van der Waals surface area (Å²) in [4.78, 5) is 21.8. The van der Waals surface area contributed by atoms with Crippen molar-refractivity contribution in [3.05, 3.63) is 0 Å². The number of hydrogen-bond acceptors (Lipinski definition) is 2. The molecule has 1 amide bonds. The monoisotopic (exact) mass is 197 g/mol. The van der Waals surface area contributed by atoms with Gasteiger partial charge in [-0.25, -0.2) is 0 Å². The van der Waals surface area contributed by atoms with Gasteiger partial charge in [-0.3, -0.25) is 9.59 Å². The van der Waals surface area contributed by atoms with E-state index in [4.69, 9.17) is 0 Å². The molecule has 2 unspecified atom stereocenters. The zero-order valence-corrected chi connectivity index (χ0v) is 9.01. The van der Waals surface area contributed by atoms with Gasteiger partial charge in [-0.05, 0) is 25.2 Å². The van der Waals surface area contributed by atoms with Crippen LogP contribution in [0.25, 0.3) is 0 Å². The summed E-state index contributed by atoms with van der Waals surface area (Å²) in [6.45, 7) is 4.42. The third-order valence-electron chi connectivity index (χ3n) is 3.01. The number of nitrogens with one attached hydrogen (secondary N) is 1. The van der Waals surface area contributed by atoms with E-state index >= 15 is 0 Å². The van der Waals surface area contributed by atoms with Gasteiger partial charge in [0.15, 0.2) is 0 Å². The van der Waals surface area contributed by atoms with Gasteiger partial charge in [0.1, 0.15) is 5.78 Å². The first-order valence-electron chi connectivity index (χ1n) is 5.35. The normalized spacial score (nSPS) is 26.1. The smallest absolute Gasteiger partial charge is 0.227 e. The third kappa shape index (κ3) is 3.48. The quantitative estimate of drug-likeness (QED) is 0.694. The average Bonchev–Trinajstić information content (AvgIpc) is 2.46. The minimum Gasteiger partial charge on any atom is -0.355 e. The van der Waals surface area contributed by atoms with Crippen LogP contribution in [-0.2, 0) is 9.59 Å². The van der Waals surface area contributed by atoms with Crippen molar-refractivity contribution in [2.24, 2.45) is 11.8 Å². The number of amides is 1. The number of rotatable bonds is 4. The average molecular weight is 197 g/mol. The van der Waals surface area contributed by atoms with Crippen LogP contribution in [0.1, 0.15) is 39.5 Å². The number of hydrogen-bond donors (Lipinski definition) is 1. The highest BCUT2D eigenvalue weighted by atomic mass is 16.2. The molecule has 0 bridgehead atoms. The van der Waals surface area contributed by atoms with E-state index in [1.807, 2.05) is 0 Å². The molecule has 14 heavy (non-hydrogen) atoms. The first-order valence-corrected chi connectivity index (χ1v) is 5.35. The number of carbonyl (C=O) groups excluding carboxylic acids is 2. The molecule has 1 N–H and O–H groups in total. The van der Waals surface area contributed by atoms with E-state index in [0.29, 0.717) is 11.8 Å². The Hall–Kier alpha value is -0.860. The summed E-state index contributed by atoms with van der Waals surface area (Å²) in [5.41, 5.74) is 0. The maximum Gasteiger partial charge on any atom is 0.227 e. The van der Waals surface area contributed by atoms with Gasteiger partial charge >= 0.3 is 0 Å². The molecular weight excluding hydrogens is 178 g/mol. The Morgan fingerprint density at radius 1 is 1.36 bits per heavy atom. The van der Waals surface area contributed by atoms with E-state index in [2.05, 4.69) is 12.2 Å². The topological polar surface area (TPSA) is 46.2 Å². The molecule has 0 aromatic heterocycles. The molecule has 0 heterocycles. The van der Waals surface area contributed by atoms with Crippen molar-refractivity contribution >= 4 is 11.7 Å². The van der Waals surface area contributed by atoms with Crippen LogP contribution in [0, 0.1) is 11.8 Å². The third-order valence-corrected chi connectivity index (χ3v) is 3.01. The molecule has 0 aromatic rings. The van der Waals surface area contributed by atoms with Crippen LogP contribution >= 0.6 is 0 Å². The van der Waals surface area contributed by atoms with Gasteiger partial charge in [0.05, 0.1) is 6.42 Å². The zero-order chi connectivity index (χ0) is 10.6. The minimum atomic E-state index is -0.128. The molecule has 0 radical (unpaired) electrons. The molecule has 0 saturated heterocycles. The molecule has 2 atom stereocenters. The van der Waals surface area contributed by atoms with Gasteiger partial charge in [-0.1, -0.05) is 19.8 Å². The lowest BCUT2D eigenvalue weighted by molar-refractivity contribution is -0.127. The Labute approximate surface area is 85.3 Å². The second kappa shape index (κ2) is 5.13. The molecule has 1 saturated carbocycles. The Bertz CT molecular complexity index is 225. The van der Waals surface area contributed by atoms with Crippen LogP contribution in [0.15, 0.2) is 0 Å². The van der Waals surface area contributed by atoms with Crippen LogP contribution in [0.4, 0.5) is 0 Å². The molecule has 1 fully saturated rings. The summed E-state index contributed by atoms with van der Waals surface area (Å²) in [7, 11) is 0. The van der Waals surface area contributed by atoms with E-state index in [-0.39, 0.29) is 18.1 Å². The van der Waals surface area contributed by atoms with Crippen molar-refractivity contribution in [3.8, 4) is 0 Å². The molecule has 1 rings (SSSR count). The fraction of sp³-hybridized carbons (Fsp3) is 0.818. The van der Waals surface area contributed by atoms with E-state index in [1.54, 1.807) is 0 Å². The Kier molecular flexibility index (Phi) is 4.11. The zero-order valence-electron chi connectivity index (χ0n) is 9.01. The van der Waals surface area contributed by atoms with Crippen LogP contribution in [0.2, 0.25) is 0 Å². The Morgan fingerprint density at radius 3 is 2.57 bits per heavy atom. The van der Waals surface area contributed by atoms with Crippen molar-refractivity contribution in [3.63, 3.8) is 0 Å². The Balaban J connectivity index is 2.19. The molecule has 3 heteroatoms. The summed E-state index contributed by atoms with van der Waals surface area (Å²) in [6.07, 6.45) is 3.78. The molecule has 80 valence electrons. The summed E-state index contributed by atoms with van der Waals surface area (Å²) in [5.74, 6) is 1.14. The summed E-state index contributed by atoms with van der Waals surface area (Å²) in [6, 6.07) is 0. The maximum atomic E-state index is 11.2. The minimum absolute atomic E-state index is 0.0289. The second-order valence-electron chi connectivity index (χ2n) is 4.35. The number of carbonyl (C=O) groups is 2. The highest BCUT2D eigenvalue weighted by molar-refractivity contribution is 5.96. The van der Waals surface area contributed by atoms with Crippen LogP contribution in [0.5, 0.6) is 0 Å². The van der Waals surface area contributed by atoms with Gasteiger partial charge in [0.2, 0.25) is 5.91 Å². The fourth-order valence-corrected chi connectivity index (χ4v) is 2.06. The second-order valence-corrected chi connectivity index (χ2v) is 4.35. The SMILES string of the molecule is CC(=O)CC(=O)NCC1CCCC1C. The van der Waals surface area contributed by atoms with E-state index in [9.17, 15) is 9.59 Å². The van der Waals surface area contributed by atoms with Crippen LogP contribution < -0.4 is 5.32 Å². The van der Waals surface area contributed by atoms with Crippen LogP contribution in [0.3, 0.4) is 0 Å². The largest absolute Gasteiger partial charge is 0.355 e. The van der Waals surface area contributed by atoms with Crippen molar-refractivity contribution in [1.29, 1.82) is 0 Å². The molecular formula is C11H19NO2. The highest BCUT2D eigenvalue weighted by Crippen LogP contribution is 2.30. The van der Waals surface area contributed by atoms with E-state index in [1.165, 1.54) is 26.2 Å². The predicted molar refractivity (Wildman–Crippen MR) is 54.8 cm³/mol. The highest BCUT2D eigenvalue weighted by Gasteiger charge is 2.23. The molecule has 0 aliphatic heterocycles. The fourth-order valence-electron chi connectivity index (χ4n) is 2.06. The lowest BCUT2D eigenvalue weighted by Crippen LogP contribution is -2.31.